The van der Waals surface area contributed by atoms with Crippen LogP contribution in [0.5, 0.6) is 0 Å². The third-order valence-corrected chi connectivity index (χ3v) is 2.83. The van der Waals surface area contributed by atoms with E-state index >= 15 is 0 Å². The van der Waals surface area contributed by atoms with E-state index in [1.54, 1.807) is 0 Å². The Labute approximate surface area is 81.2 Å². The van der Waals surface area contributed by atoms with Gasteiger partial charge in [-0.2, -0.15) is 12.6 Å². The monoisotopic (exact) mass is 182 g/mol. The molecule has 0 bridgehead atoms. The first-order chi connectivity index (χ1) is 5.88. The summed E-state index contributed by atoms with van der Waals surface area (Å²) in [5.41, 5.74) is 1.48. The molecular weight excluding hydrogens is 164 g/mol. The van der Waals surface area contributed by atoms with Crippen LogP contribution in [0.15, 0.2) is 23.1 Å². The van der Waals surface area contributed by atoms with E-state index in [-0.39, 0.29) is 0 Å². The quantitative estimate of drug-likeness (QED) is 0.485. The van der Waals surface area contributed by atoms with E-state index in [1.165, 1.54) is 37.7 Å². The van der Waals surface area contributed by atoms with Crippen LogP contribution in [0.1, 0.15) is 39.0 Å². The Kier molecular flexibility index (Phi) is 4.52. The van der Waals surface area contributed by atoms with Gasteiger partial charge in [-0.3, -0.25) is 0 Å². The molecule has 0 spiro atoms. The van der Waals surface area contributed by atoms with Gasteiger partial charge in [0.05, 0.1) is 0 Å². The van der Waals surface area contributed by atoms with Gasteiger partial charge in [-0.15, -0.1) is 0 Å². The van der Waals surface area contributed by atoms with Crippen molar-refractivity contribution in [1.29, 1.82) is 0 Å². The Hall–Kier alpha value is -0.170. The van der Waals surface area contributed by atoms with Gasteiger partial charge < -0.3 is 0 Å². The fourth-order valence-corrected chi connectivity index (χ4v) is 2.16. The van der Waals surface area contributed by atoms with Crippen LogP contribution < -0.4 is 0 Å². The molecule has 1 fully saturated rings. The highest BCUT2D eigenvalue weighted by atomic mass is 32.1. The molecule has 0 N–H and O–H groups in total. The Bertz CT molecular complexity index is 173. The lowest BCUT2D eigenvalue weighted by atomic mass is 9.84. The van der Waals surface area contributed by atoms with Gasteiger partial charge in [0.2, 0.25) is 0 Å². The predicted octanol–water partition coefficient (Wildman–Crippen LogP) is 3.96. The minimum absolute atomic E-state index is 0.812. The summed E-state index contributed by atoms with van der Waals surface area (Å²) in [6.45, 7) is 2.12. The van der Waals surface area contributed by atoms with Gasteiger partial charge >= 0.3 is 0 Å². The Morgan fingerprint density at radius 1 is 1.25 bits per heavy atom. The van der Waals surface area contributed by atoms with E-state index in [1.807, 2.05) is 5.41 Å². The third kappa shape index (κ3) is 2.71. The van der Waals surface area contributed by atoms with E-state index in [4.69, 9.17) is 0 Å². The zero-order valence-corrected chi connectivity index (χ0v) is 8.69. The van der Waals surface area contributed by atoms with Crippen molar-refractivity contribution >= 4 is 12.6 Å². The van der Waals surface area contributed by atoms with Gasteiger partial charge in [0.1, 0.15) is 0 Å². The number of allylic oxidation sites excluding steroid dienone is 3. The third-order valence-electron chi connectivity index (χ3n) is 2.68. The molecule has 1 heteroatoms. The van der Waals surface area contributed by atoms with Crippen molar-refractivity contribution in [2.45, 2.75) is 39.0 Å². The number of thiol groups is 1. The number of hydrogen-bond donors (Lipinski definition) is 1. The molecule has 0 aromatic heterocycles. The van der Waals surface area contributed by atoms with Crippen LogP contribution in [0.2, 0.25) is 0 Å². The summed E-state index contributed by atoms with van der Waals surface area (Å²) in [6, 6.07) is 0. The molecule has 1 aliphatic rings. The first kappa shape index (κ1) is 9.91. The Morgan fingerprint density at radius 3 is 2.42 bits per heavy atom. The average molecular weight is 182 g/mol. The number of rotatable bonds is 2. The van der Waals surface area contributed by atoms with E-state index in [2.05, 4.69) is 31.7 Å². The van der Waals surface area contributed by atoms with E-state index < -0.39 is 0 Å². The smallest absolute Gasteiger partial charge is 0.0165 e. The van der Waals surface area contributed by atoms with Crippen LogP contribution in [0.25, 0.3) is 0 Å². The highest BCUT2D eigenvalue weighted by molar-refractivity contribution is 7.83. The molecule has 0 radical (unpaired) electrons. The van der Waals surface area contributed by atoms with Gasteiger partial charge in [-0.05, 0) is 36.7 Å². The van der Waals surface area contributed by atoms with Gasteiger partial charge in [0.25, 0.3) is 0 Å². The van der Waals surface area contributed by atoms with Gasteiger partial charge in [-0.1, -0.05) is 31.4 Å². The maximum absolute atomic E-state index is 4.11. The van der Waals surface area contributed by atoms with Crippen molar-refractivity contribution in [2.75, 3.05) is 0 Å². The zero-order chi connectivity index (χ0) is 8.81. The summed E-state index contributed by atoms with van der Waals surface area (Å²) in [7, 11) is 0. The second kappa shape index (κ2) is 5.47. The molecule has 0 aliphatic heterocycles. The molecule has 1 saturated carbocycles. The average Bonchev–Trinajstić information content (AvgIpc) is 2.15. The standard InChI is InChI=1S/C11H18S/c1-2-10(8-9-12)11-6-4-3-5-7-11/h2,8-9,11-12H,3-7H2,1H3/b9-8-,10-2+. The zero-order valence-electron chi connectivity index (χ0n) is 7.79. The molecular formula is C11H18S. The largest absolute Gasteiger partial charge is 0.151 e. The summed E-state index contributed by atoms with van der Waals surface area (Å²) >= 11 is 4.11. The maximum atomic E-state index is 4.11. The fraction of sp³-hybridized carbons (Fsp3) is 0.636. The van der Waals surface area contributed by atoms with Crippen molar-refractivity contribution in [3.8, 4) is 0 Å². The molecule has 0 nitrogen and oxygen atoms in total. The van der Waals surface area contributed by atoms with Crippen LogP contribution in [0.4, 0.5) is 0 Å². The fourth-order valence-electron chi connectivity index (χ4n) is 1.99. The molecule has 0 heterocycles. The van der Waals surface area contributed by atoms with Crippen LogP contribution in [0.3, 0.4) is 0 Å². The van der Waals surface area contributed by atoms with E-state index in [0.29, 0.717) is 0 Å². The van der Waals surface area contributed by atoms with E-state index in [9.17, 15) is 0 Å². The van der Waals surface area contributed by atoms with Crippen LogP contribution in [-0.4, -0.2) is 0 Å². The van der Waals surface area contributed by atoms with Crippen LogP contribution >= 0.6 is 12.6 Å². The second-order valence-electron chi connectivity index (χ2n) is 3.44. The second-order valence-corrected chi connectivity index (χ2v) is 3.74. The summed E-state index contributed by atoms with van der Waals surface area (Å²) < 4.78 is 0. The molecule has 0 aromatic rings. The van der Waals surface area contributed by atoms with Crippen molar-refractivity contribution in [2.24, 2.45) is 5.92 Å². The minimum atomic E-state index is 0.812. The lowest BCUT2D eigenvalue weighted by Crippen LogP contribution is -2.07. The lowest BCUT2D eigenvalue weighted by Gasteiger charge is -2.22. The normalized spacial score (nSPS) is 22.0. The van der Waals surface area contributed by atoms with Crippen molar-refractivity contribution in [3.63, 3.8) is 0 Å². The first-order valence-corrected chi connectivity index (χ1v) is 5.37. The van der Waals surface area contributed by atoms with Crippen molar-refractivity contribution in [3.05, 3.63) is 23.1 Å². The summed E-state index contributed by atoms with van der Waals surface area (Å²) in [4.78, 5) is 0. The topological polar surface area (TPSA) is 0 Å². The summed E-state index contributed by atoms with van der Waals surface area (Å²) in [6.07, 6.45) is 11.3. The number of hydrogen-bond acceptors (Lipinski definition) is 1. The molecule has 68 valence electrons. The van der Waals surface area contributed by atoms with Crippen molar-refractivity contribution in [1.82, 2.24) is 0 Å². The lowest BCUT2D eigenvalue weighted by molar-refractivity contribution is 0.408. The predicted molar refractivity (Wildman–Crippen MR) is 58.5 cm³/mol. The highest BCUT2D eigenvalue weighted by Crippen LogP contribution is 2.30. The molecule has 1 rings (SSSR count). The molecule has 1 aliphatic carbocycles. The molecule has 12 heavy (non-hydrogen) atoms. The Balaban J connectivity index is 2.52. The first-order valence-electron chi connectivity index (χ1n) is 4.85. The summed E-state index contributed by atoms with van der Waals surface area (Å²) in [5.74, 6) is 0.812. The SMILES string of the molecule is C/C=C(\C=C/S)C1CCCCC1. The van der Waals surface area contributed by atoms with Gasteiger partial charge in [0, 0.05) is 0 Å². The molecule has 0 atom stereocenters. The minimum Gasteiger partial charge on any atom is -0.151 e. The van der Waals surface area contributed by atoms with Gasteiger partial charge in [-0.25, -0.2) is 0 Å². The molecule has 0 unspecified atom stereocenters. The summed E-state index contributed by atoms with van der Waals surface area (Å²) in [5, 5.41) is 1.85. The molecule has 0 saturated heterocycles. The van der Waals surface area contributed by atoms with Crippen LogP contribution in [0, 0.1) is 5.92 Å². The molecule has 0 amide bonds. The van der Waals surface area contributed by atoms with Gasteiger partial charge in [0.15, 0.2) is 0 Å². The molecule has 0 aromatic carbocycles. The van der Waals surface area contributed by atoms with E-state index in [0.717, 1.165) is 5.92 Å². The Morgan fingerprint density at radius 2 is 1.92 bits per heavy atom. The highest BCUT2D eigenvalue weighted by Gasteiger charge is 2.14. The van der Waals surface area contributed by atoms with Crippen molar-refractivity contribution < 1.29 is 0 Å². The maximum Gasteiger partial charge on any atom is -0.0165 e. The van der Waals surface area contributed by atoms with Crippen LogP contribution in [-0.2, 0) is 0 Å².